The van der Waals surface area contributed by atoms with E-state index in [-0.39, 0.29) is 6.61 Å². The van der Waals surface area contributed by atoms with Crippen LogP contribution in [0.25, 0.3) is 0 Å². The van der Waals surface area contributed by atoms with Gasteiger partial charge in [0.25, 0.3) is 0 Å². The summed E-state index contributed by atoms with van der Waals surface area (Å²) in [5, 5.41) is 2.47. The molecule has 0 unspecified atom stereocenters. The van der Waals surface area contributed by atoms with E-state index in [0.29, 0.717) is 6.54 Å². The lowest BCUT2D eigenvalue weighted by atomic mass is 10.5. The topological polar surface area (TPSA) is 38.3 Å². The fraction of sp³-hybridized carbons (Fsp3) is 0.444. The van der Waals surface area contributed by atoms with E-state index in [1.165, 1.54) is 0 Å². The minimum atomic E-state index is -0.448. The van der Waals surface area contributed by atoms with Gasteiger partial charge in [-0.05, 0) is 31.6 Å². The summed E-state index contributed by atoms with van der Waals surface area (Å²) in [6, 6.07) is 0. The van der Waals surface area contributed by atoms with Gasteiger partial charge in [0.15, 0.2) is 6.61 Å². The number of ether oxygens (including phenoxy) is 1. The number of alkyl carbamates (subject to hydrolysis) is 1. The molecule has 0 spiro atoms. The van der Waals surface area contributed by atoms with Crippen molar-refractivity contribution in [2.24, 2.45) is 0 Å². The van der Waals surface area contributed by atoms with E-state index in [9.17, 15) is 4.79 Å². The van der Waals surface area contributed by atoms with Crippen LogP contribution in [0.2, 0.25) is 0 Å². The smallest absolute Gasteiger partial charge is 0.408 e. The summed E-state index contributed by atoms with van der Waals surface area (Å²) < 4.78 is 4.64. The molecular formula is C9H11NO2. The number of hydrogen-bond donors (Lipinski definition) is 1. The van der Waals surface area contributed by atoms with Crippen molar-refractivity contribution in [1.29, 1.82) is 0 Å². The lowest BCUT2D eigenvalue weighted by Gasteiger charge is -1.99. The Hall–Kier alpha value is -1.61. The first-order valence-corrected chi connectivity index (χ1v) is 3.61. The van der Waals surface area contributed by atoms with Gasteiger partial charge in [0.2, 0.25) is 0 Å². The van der Waals surface area contributed by atoms with Crippen LogP contribution in [0, 0.1) is 23.7 Å². The zero-order valence-corrected chi connectivity index (χ0v) is 7.23. The summed E-state index contributed by atoms with van der Waals surface area (Å²) >= 11 is 0. The first-order chi connectivity index (χ1) is 5.81. The maximum Gasteiger partial charge on any atom is 0.408 e. The van der Waals surface area contributed by atoms with Crippen LogP contribution in [0.3, 0.4) is 0 Å². The molecule has 0 aliphatic carbocycles. The Labute approximate surface area is 72.5 Å². The maximum atomic E-state index is 10.6. The normalized spacial score (nSPS) is 6.83. The van der Waals surface area contributed by atoms with Crippen molar-refractivity contribution in [2.75, 3.05) is 13.2 Å². The van der Waals surface area contributed by atoms with Crippen molar-refractivity contribution < 1.29 is 9.53 Å². The number of rotatable bonds is 2. The fourth-order valence-corrected chi connectivity index (χ4v) is 0.440. The molecule has 0 atom stereocenters. The minimum absolute atomic E-state index is 0.0838. The number of carbonyl (C=O) groups is 1. The Morgan fingerprint density at radius 3 is 2.83 bits per heavy atom. The molecule has 1 N–H and O–H groups in total. The van der Waals surface area contributed by atoms with E-state index >= 15 is 0 Å². The van der Waals surface area contributed by atoms with Gasteiger partial charge in [0, 0.05) is 6.54 Å². The molecule has 3 nitrogen and oxygen atoms in total. The molecule has 0 rings (SSSR count). The summed E-state index contributed by atoms with van der Waals surface area (Å²) in [7, 11) is 0. The third kappa shape index (κ3) is 6.51. The maximum absolute atomic E-state index is 10.6. The van der Waals surface area contributed by atoms with Crippen LogP contribution in [-0.2, 0) is 4.74 Å². The van der Waals surface area contributed by atoms with Crippen molar-refractivity contribution in [3.8, 4) is 23.7 Å². The highest BCUT2D eigenvalue weighted by molar-refractivity contribution is 5.67. The Balaban J connectivity index is 3.49. The highest BCUT2D eigenvalue weighted by Gasteiger charge is 1.94. The van der Waals surface area contributed by atoms with Crippen LogP contribution in [0.5, 0.6) is 0 Å². The molecule has 0 fully saturated rings. The van der Waals surface area contributed by atoms with Gasteiger partial charge in [-0.2, -0.15) is 0 Å². The first kappa shape index (κ1) is 10.4. The second-order valence-electron chi connectivity index (χ2n) is 1.78. The standard InChI is InChI=1S/C9H11NO2/c1-3-5-6-7-8-12-9(11)10-4-2/h4,8H2,1-2H3,(H,10,11). The van der Waals surface area contributed by atoms with Crippen molar-refractivity contribution in [1.82, 2.24) is 5.32 Å². The Morgan fingerprint density at radius 1 is 1.50 bits per heavy atom. The van der Waals surface area contributed by atoms with E-state index in [0.717, 1.165) is 0 Å². The molecule has 0 heterocycles. The zero-order chi connectivity index (χ0) is 9.23. The van der Waals surface area contributed by atoms with Crippen molar-refractivity contribution in [3.63, 3.8) is 0 Å². The second kappa shape index (κ2) is 7.50. The highest BCUT2D eigenvalue weighted by Crippen LogP contribution is 1.74. The molecule has 0 saturated carbocycles. The monoisotopic (exact) mass is 165 g/mol. The summed E-state index contributed by atoms with van der Waals surface area (Å²) in [6.45, 7) is 4.15. The van der Waals surface area contributed by atoms with Gasteiger partial charge in [0.05, 0.1) is 0 Å². The zero-order valence-electron chi connectivity index (χ0n) is 7.23. The largest absolute Gasteiger partial charge is 0.436 e. The SMILES string of the molecule is CC#CC#CCOC(=O)NCC. The Morgan fingerprint density at radius 2 is 2.25 bits per heavy atom. The molecule has 0 radical (unpaired) electrons. The average Bonchev–Trinajstić information content (AvgIpc) is 2.05. The third-order valence-electron chi connectivity index (χ3n) is 0.872. The van der Waals surface area contributed by atoms with Crippen LogP contribution in [0.1, 0.15) is 13.8 Å². The summed E-state index contributed by atoms with van der Waals surface area (Å²) in [6.07, 6.45) is -0.448. The summed E-state index contributed by atoms with van der Waals surface area (Å²) in [5.74, 6) is 10.2. The number of hydrogen-bond acceptors (Lipinski definition) is 2. The molecular weight excluding hydrogens is 154 g/mol. The number of nitrogens with one attached hydrogen (secondary N) is 1. The predicted octanol–water partition coefficient (Wildman–Crippen LogP) is 0.759. The third-order valence-corrected chi connectivity index (χ3v) is 0.872. The van der Waals surface area contributed by atoms with Gasteiger partial charge >= 0.3 is 6.09 Å². The summed E-state index contributed by atoms with van der Waals surface area (Å²) in [5.41, 5.74) is 0. The van der Waals surface area contributed by atoms with Gasteiger partial charge in [-0.25, -0.2) is 4.79 Å². The van der Waals surface area contributed by atoms with Crippen LogP contribution in [0.15, 0.2) is 0 Å². The van der Waals surface area contributed by atoms with Gasteiger partial charge in [0.1, 0.15) is 0 Å². The lowest BCUT2D eigenvalue weighted by Crippen LogP contribution is -2.23. The van der Waals surface area contributed by atoms with Gasteiger partial charge in [-0.1, -0.05) is 5.92 Å². The van der Waals surface area contributed by atoms with Crippen LogP contribution < -0.4 is 5.32 Å². The molecule has 3 heteroatoms. The minimum Gasteiger partial charge on any atom is -0.436 e. The second-order valence-corrected chi connectivity index (χ2v) is 1.78. The molecule has 0 aromatic heterocycles. The quantitative estimate of drug-likeness (QED) is 0.613. The molecule has 0 aliphatic rings. The number of amides is 1. The fourth-order valence-electron chi connectivity index (χ4n) is 0.440. The van der Waals surface area contributed by atoms with Crippen molar-refractivity contribution >= 4 is 6.09 Å². The molecule has 0 aromatic rings. The van der Waals surface area contributed by atoms with E-state index in [1.54, 1.807) is 6.92 Å². The first-order valence-electron chi connectivity index (χ1n) is 3.61. The van der Waals surface area contributed by atoms with Gasteiger partial charge < -0.3 is 10.1 Å². The predicted molar refractivity (Wildman–Crippen MR) is 46.3 cm³/mol. The van der Waals surface area contributed by atoms with Crippen LogP contribution in [0.4, 0.5) is 4.79 Å². The van der Waals surface area contributed by atoms with Crippen molar-refractivity contribution in [3.05, 3.63) is 0 Å². The highest BCUT2D eigenvalue weighted by atomic mass is 16.5. The molecule has 0 saturated heterocycles. The van der Waals surface area contributed by atoms with Gasteiger partial charge in [-0.3, -0.25) is 0 Å². The summed E-state index contributed by atoms with van der Waals surface area (Å²) in [4.78, 5) is 10.6. The van der Waals surface area contributed by atoms with Crippen LogP contribution in [-0.4, -0.2) is 19.2 Å². The Bertz CT molecular complexity index is 249. The molecule has 64 valence electrons. The molecule has 0 aliphatic heterocycles. The van der Waals surface area contributed by atoms with Crippen molar-refractivity contribution in [2.45, 2.75) is 13.8 Å². The molecule has 0 aromatic carbocycles. The molecule has 1 amide bonds. The molecule has 0 bridgehead atoms. The van der Waals surface area contributed by atoms with E-state index < -0.39 is 6.09 Å². The van der Waals surface area contributed by atoms with E-state index in [4.69, 9.17) is 0 Å². The average molecular weight is 165 g/mol. The number of carbonyl (C=O) groups excluding carboxylic acids is 1. The van der Waals surface area contributed by atoms with E-state index in [2.05, 4.69) is 33.7 Å². The molecule has 12 heavy (non-hydrogen) atoms. The lowest BCUT2D eigenvalue weighted by molar-refractivity contribution is 0.161. The van der Waals surface area contributed by atoms with E-state index in [1.807, 2.05) is 6.92 Å². The van der Waals surface area contributed by atoms with Crippen LogP contribution >= 0.6 is 0 Å². The van der Waals surface area contributed by atoms with Gasteiger partial charge in [-0.15, -0.1) is 0 Å². The Kier molecular flexibility index (Phi) is 6.49.